The Kier molecular flexibility index (Phi) is 4.34. The molecule has 1 aromatic carbocycles. The summed E-state index contributed by atoms with van der Waals surface area (Å²) < 4.78 is 27.3. The Morgan fingerprint density at radius 1 is 1.15 bits per heavy atom. The molecule has 6 heteroatoms. The van der Waals surface area contributed by atoms with E-state index in [4.69, 9.17) is 5.41 Å². The first-order valence-electron chi connectivity index (χ1n) is 8.35. The maximum absolute atomic E-state index is 13.9. The van der Waals surface area contributed by atoms with E-state index in [-0.39, 0.29) is 17.5 Å². The molecular weight excluding hydrogens is 334 g/mol. The van der Waals surface area contributed by atoms with Gasteiger partial charge < -0.3 is 5.41 Å². The Balaban J connectivity index is 2.28. The number of nitrogens with zero attached hydrogens (tertiary/aromatic N) is 3. The second-order valence-electron chi connectivity index (χ2n) is 7.05. The highest BCUT2D eigenvalue weighted by molar-refractivity contribution is 6.00. The fourth-order valence-electron chi connectivity index (χ4n) is 4.29. The Morgan fingerprint density at radius 3 is 2.42 bits per heavy atom. The molecule has 0 amide bonds. The van der Waals surface area contributed by atoms with Crippen molar-refractivity contribution in [2.45, 2.75) is 25.7 Å². The molecule has 130 valence electrons. The number of rotatable bonds is 1. The van der Waals surface area contributed by atoms with Crippen LogP contribution in [0.25, 0.3) is 0 Å². The summed E-state index contributed by atoms with van der Waals surface area (Å²) in [6.07, 6.45) is 3.27. The molecule has 2 aliphatic rings. The molecule has 4 atom stereocenters. The summed E-state index contributed by atoms with van der Waals surface area (Å²) in [4.78, 5) is 0. The van der Waals surface area contributed by atoms with Gasteiger partial charge in [-0.1, -0.05) is 19.1 Å². The summed E-state index contributed by atoms with van der Waals surface area (Å²) in [5.74, 6) is -3.91. The highest BCUT2D eigenvalue weighted by atomic mass is 19.2. The van der Waals surface area contributed by atoms with Crippen molar-refractivity contribution >= 4 is 5.71 Å². The number of hydrogen-bond acceptors (Lipinski definition) is 4. The molecule has 0 aliphatic heterocycles. The fraction of sp³-hybridized carbons (Fsp3) is 0.400. The van der Waals surface area contributed by atoms with Gasteiger partial charge in [-0.25, -0.2) is 8.78 Å². The fourth-order valence-corrected chi connectivity index (χ4v) is 4.29. The maximum atomic E-state index is 13.9. The molecule has 1 aromatic rings. The van der Waals surface area contributed by atoms with Crippen LogP contribution in [-0.2, 0) is 0 Å². The summed E-state index contributed by atoms with van der Waals surface area (Å²) in [5.41, 5.74) is -1.15. The molecule has 3 rings (SSSR count). The van der Waals surface area contributed by atoms with Crippen LogP contribution in [-0.4, -0.2) is 5.71 Å². The van der Waals surface area contributed by atoms with Gasteiger partial charge in [-0.15, -0.1) is 0 Å². The maximum Gasteiger partial charge on any atom is 0.189 e. The minimum Gasteiger partial charge on any atom is -0.305 e. The molecule has 4 nitrogen and oxygen atoms in total. The van der Waals surface area contributed by atoms with Crippen molar-refractivity contribution in [1.82, 2.24) is 0 Å². The molecule has 1 unspecified atom stereocenters. The predicted octanol–water partition coefficient (Wildman–Crippen LogP) is 4.23. The number of nitriles is 3. The van der Waals surface area contributed by atoms with Gasteiger partial charge in [0.2, 0.25) is 0 Å². The molecule has 1 fully saturated rings. The summed E-state index contributed by atoms with van der Waals surface area (Å²) in [5, 5.41) is 37.6. The van der Waals surface area contributed by atoms with Crippen molar-refractivity contribution in [2.75, 3.05) is 0 Å². The highest BCUT2D eigenvalue weighted by Crippen LogP contribution is 2.55. The van der Waals surface area contributed by atoms with Crippen molar-refractivity contribution in [3.05, 3.63) is 47.0 Å². The summed E-state index contributed by atoms with van der Waals surface area (Å²) >= 11 is 0. The van der Waals surface area contributed by atoms with E-state index in [1.54, 1.807) is 0 Å². The summed E-state index contributed by atoms with van der Waals surface area (Å²) in [6, 6.07) is 9.25. The van der Waals surface area contributed by atoms with E-state index in [0.29, 0.717) is 17.6 Å². The smallest absolute Gasteiger partial charge is 0.189 e. The largest absolute Gasteiger partial charge is 0.305 e. The number of allylic oxidation sites excluding steroid dienone is 2. The summed E-state index contributed by atoms with van der Waals surface area (Å²) in [6.45, 7) is 2.03. The summed E-state index contributed by atoms with van der Waals surface area (Å²) in [7, 11) is 0. The van der Waals surface area contributed by atoms with Gasteiger partial charge in [-0.05, 0) is 47.9 Å². The third kappa shape index (κ3) is 2.40. The zero-order valence-corrected chi connectivity index (χ0v) is 14.1. The molecule has 0 saturated heterocycles. The van der Waals surface area contributed by atoms with Crippen molar-refractivity contribution in [3.8, 4) is 18.2 Å². The van der Waals surface area contributed by atoms with Crippen LogP contribution in [0, 0.1) is 74.2 Å². The van der Waals surface area contributed by atoms with Gasteiger partial charge in [0.25, 0.3) is 0 Å². The Morgan fingerprint density at radius 2 is 1.85 bits per heavy atom. The first-order valence-corrected chi connectivity index (χ1v) is 8.35. The normalized spacial score (nSPS) is 29.5. The van der Waals surface area contributed by atoms with Crippen molar-refractivity contribution in [1.29, 1.82) is 21.2 Å². The molecule has 0 bridgehead atoms. The van der Waals surface area contributed by atoms with E-state index in [9.17, 15) is 24.6 Å². The second-order valence-corrected chi connectivity index (χ2v) is 7.05. The van der Waals surface area contributed by atoms with Crippen LogP contribution in [0.1, 0.15) is 31.2 Å². The van der Waals surface area contributed by atoms with Gasteiger partial charge in [-0.2, -0.15) is 15.8 Å². The highest BCUT2D eigenvalue weighted by Gasteiger charge is 2.57. The number of benzene rings is 1. The van der Waals surface area contributed by atoms with Crippen LogP contribution in [0.3, 0.4) is 0 Å². The topological polar surface area (TPSA) is 95.2 Å². The van der Waals surface area contributed by atoms with Crippen molar-refractivity contribution in [3.63, 3.8) is 0 Å². The van der Waals surface area contributed by atoms with Gasteiger partial charge >= 0.3 is 0 Å². The van der Waals surface area contributed by atoms with Crippen molar-refractivity contribution in [2.24, 2.45) is 23.2 Å². The van der Waals surface area contributed by atoms with Gasteiger partial charge in [0, 0.05) is 5.92 Å². The lowest BCUT2D eigenvalue weighted by Gasteiger charge is -2.46. The SMILES string of the molecule is C[C@H]1CC=C2C(C#N)C(=N)C(C#N)(C#N)[C@H](c3ccc(F)c(F)c3)[C@H]2C1. The van der Waals surface area contributed by atoms with Gasteiger partial charge in [0.15, 0.2) is 17.0 Å². The van der Waals surface area contributed by atoms with Gasteiger partial charge in [-0.3, -0.25) is 0 Å². The lowest BCUT2D eigenvalue weighted by molar-refractivity contribution is 0.282. The molecule has 2 aliphatic carbocycles. The first-order chi connectivity index (χ1) is 12.4. The molecule has 0 radical (unpaired) electrons. The molecule has 0 aromatic heterocycles. The van der Waals surface area contributed by atoms with Crippen LogP contribution in [0.5, 0.6) is 0 Å². The molecule has 1 N–H and O–H groups in total. The van der Waals surface area contributed by atoms with E-state index in [1.807, 2.05) is 25.1 Å². The second kappa shape index (κ2) is 6.36. The molecule has 1 saturated carbocycles. The molecule has 0 heterocycles. The van der Waals surface area contributed by atoms with E-state index in [2.05, 4.69) is 6.07 Å². The predicted molar refractivity (Wildman–Crippen MR) is 89.6 cm³/mol. The van der Waals surface area contributed by atoms with Crippen LogP contribution >= 0.6 is 0 Å². The zero-order valence-electron chi connectivity index (χ0n) is 14.1. The standard InChI is InChI=1S/C20H16F2N4/c1-11-2-4-13-14(6-11)18(12-3-5-16(21)17(22)7-12)20(9-24,10-25)19(26)15(13)8-23/h3-5,7,11,14-15,18,26H,2,6H2,1H3/t11-,14-,15?,18+/m0/s1. The average molecular weight is 350 g/mol. The first kappa shape index (κ1) is 17.8. The quantitative estimate of drug-likeness (QED) is 0.768. The third-order valence-corrected chi connectivity index (χ3v) is 5.54. The lowest BCUT2D eigenvalue weighted by Crippen LogP contribution is -2.49. The minimum atomic E-state index is -1.89. The molecule has 0 spiro atoms. The van der Waals surface area contributed by atoms with Crippen LogP contribution in [0.2, 0.25) is 0 Å². The minimum absolute atomic E-state index is 0.262. The van der Waals surface area contributed by atoms with Crippen LogP contribution in [0.4, 0.5) is 8.78 Å². The molecule has 26 heavy (non-hydrogen) atoms. The van der Waals surface area contributed by atoms with E-state index in [1.165, 1.54) is 6.07 Å². The molecular formula is C20H16F2N4. The van der Waals surface area contributed by atoms with Crippen LogP contribution in [0.15, 0.2) is 29.8 Å². The Labute approximate surface area is 150 Å². The Bertz CT molecular complexity index is 915. The number of halogens is 2. The zero-order chi connectivity index (χ0) is 19.1. The van der Waals surface area contributed by atoms with Gasteiger partial charge in [0.05, 0.1) is 23.9 Å². The van der Waals surface area contributed by atoms with Gasteiger partial charge in [0.1, 0.15) is 5.92 Å². The number of hydrogen-bond donors (Lipinski definition) is 1. The van der Waals surface area contributed by atoms with E-state index in [0.717, 1.165) is 18.6 Å². The van der Waals surface area contributed by atoms with E-state index < -0.39 is 28.9 Å². The number of fused-ring (bicyclic) bond motifs is 1. The van der Waals surface area contributed by atoms with E-state index >= 15 is 0 Å². The van der Waals surface area contributed by atoms with Crippen molar-refractivity contribution < 1.29 is 8.78 Å². The third-order valence-electron chi connectivity index (χ3n) is 5.54. The lowest BCUT2D eigenvalue weighted by atomic mass is 9.52. The Hall–Kier alpha value is -3.04. The average Bonchev–Trinajstić information content (AvgIpc) is 2.63. The van der Waals surface area contributed by atoms with Crippen LogP contribution < -0.4 is 0 Å². The monoisotopic (exact) mass is 350 g/mol. The number of nitrogens with one attached hydrogen (secondary N) is 1.